The molecule has 2 aromatic rings. The number of rotatable bonds is 4. The Morgan fingerprint density at radius 2 is 0.844 bits per heavy atom. The molecule has 0 aromatic heterocycles. The molecule has 0 bridgehead atoms. The average Bonchev–Trinajstić information content (AvgIpc) is 2.57. The molecule has 0 aliphatic carbocycles. The van der Waals surface area contributed by atoms with Crippen LogP contribution in [-0.2, 0) is 42.3 Å². The second-order valence-corrected chi connectivity index (χ2v) is 6.56. The smallest absolute Gasteiger partial charge is 0.299 e. The Morgan fingerprint density at radius 3 is 1.09 bits per heavy atom. The number of alkyl halides is 12. The third-order valence-corrected chi connectivity index (χ3v) is 4.25. The van der Waals surface area contributed by atoms with Gasteiger partial charge in [0.05, 0.1) is 22.3 Å². The summed E-state index contributed by atoms with van der Waals surface area (Å²) in [7, 11) is 0. The van der Waals surface area contributed by atoms with Crippen LogP contribution in [0.3, 0.4) is 0 Å². The summed E-state index contributed by atoms with van der Waals surface area (Å²) in [5.74, 6) is -1.44. The fraction of sp³-hybridized carbons (Fsp3) is 0.316. The van der Waals surface area contributed by atoms with Crippen molar-refractivity contribution >= 4 is 5.78 Å². The molecule has 0 saturated heterocycles. The molecule has 0 aliphatic heterocycles. The van der Waals surface area contributed by atoms with Crippen molar-refractivity contribution in [2.45, 2.75) is 37.5 Å². The molecule has 176 valence electrons. The SMILES string of the molecule is O=C(Cc1cccc(C(F)(F)F)c1C(F)(F)F)Cc1cccc(C(F)(F)F)c1C(F)(F)F. The van der Waals surface area contributed by atoms with Gasteiger partial charge >= 0.3 is 24.7 Å². The van der Waals surface area contributed by atoms with E-state index < -0.39 is 76.7 Å². The summed E-state index contributed by atoms with van der Waals surface area (Å²) in [5, 5.41) is 0. The van der Waals surface area contributed by atoms with Crippen LogP contribution in [0.4, 0.5) is 52.7 Å². The average molecular weight is 482 g/mol. The van der Waals surface area contributed by atoms with Crippen LogP contribution in [-0.4, -0.2) is 5.78 Å². The predicted octanol–water partition coefficient (Wildman–Crippen LogP) is 7.12. The van der Waals surface area contributed by atoms with Crippen molar-refractivity contribution in [3.8, 4) is 0 Å². The minimum atomic E-state index is -5.56. The Hall–Kier alpha value is -2.73. The minimum absolute atomic E-state index is 0.116. The van der Waals surface area contributed by atoms with E-state index >= 15 is 0 Å². The summed E-state index contributed by atoms with van der Waals surface area (Å²) in [6.07, 6.45) is -24.8. The second-order valence-electron chi connectivity index (χ2n) is 6.56. The Balaban J connectivity index is 2.50. The summed E-state index contributed by atoms with van der Waals surface area (Å²) in [6, 6.07) is 2.45. The first kappa shape index (κ1) is 25.5. The van der Waals surface area contributed by atoms with Crippen molar-refractivity contribution in [1.29, 1.82) is 0 Å². The van der Waals surface area contributed by atoms with E-state index in [4.69, 9.17) is 0 Å². The molecular formula is C19H10F12O. The quantitative estimate of drug-likeness (QED) is 0.425. The Morgan fingerprint density at radius 1 is 0.531 bits per heavy atom. The first-order chi connectivity index (χ1) is 14.3. The molecule has 13 heteroatoms. The first-order valence-electron chi connectivity index (χ1n) is 8.37. The molecule has 0 fully saturated rings. The lowest BCUT2D eigenvalue weighted by molar-refractivity contribution is -0.162. The Labute approximate surface area is 171 Å². The monoisotopic (exact) mass is 482 g/mol. The zero-order chi connectivity index (χ0) is 24.7. The third-order valence-electron chi connectivity index (χ3n) is 4.25. The molecular weight excluding hydrogens is 472 g/mol. The van der Waals surface area contributed by atoms with Crippen molar-refractivity contribution in [3.63, 3.8) is 0 Å². The van der Waals surface area contributed by atoms with Gasteiger partial charge in [0.1, 0.15) is 5.78 Å². The van der Waals surface area contributed by atoms with Gasteiger partial charge in [0.2, 0.25) is 0 Å². The van der Waals surface area contributed by atoms with Gasteiger partial charge in [-0.15, -0.1) is 0 Å². The molecule has 0 heterocycles. The van der Waals surface area contributed by atoms with E-state index in [0.717, 1.165) is 0 Å². The number of hydrogen-bond acceptors (Lipinski definition) is 1. The van der Waals surface area contributed by atoms with Gasteiger partial charge < -0.3 is 0 Å². The molecule has 0 aliphatic rings. The Kier molecular flexibility index (Phi) is 6.64. The number of carbonyl (C=O) groups excluding carboxylic acids is 1. The predicted molar refractivity (Wildman–Crippen MR) is 85.3 cm³/mol. The molecule has 0 saturated carbocycles. The van der Waals surface area contributed by atoms with Crippen LogP contribution in [0.2, 0.25) is 0 Å². The number of benzene rings is 2. The van der Waals surface area contributed by atoms with Gasteiger partial charge in [-0.25, -0.2) is 0 Å². The van der Waals surface area contributed by atoms with Crippen molar-refractivity contribution in [2.75, 3.05) is 0 Å². The fourth-order valence-electron chi connectivity index (χ4n) is 3.12. The summed E-state index contributed by atoms with van der Waals surface area (Å²) in [5.41, 5.74) is -10.9. The summed E-state index contributed by atoms with van der Waals surface area (Å²) >= 11 is 0. The van der Waals surface area contributed by atoms with E-state index in [1.807, 2.05) is 0 Å². The van der Waals surface area contributed by atoms with Crippen molar-refractivity contribution in [2.24, 2.45) is 0 Å². The Bertz CT molecular complexity index is 914. The normalized spacial score (nSPS) is 13.4. The molecule has 0 atom stereocenters. The van der Waals surface area contributed by atoms with Gasteiger partial charge in [0.25, 0.3) is 0 Å². The standard InChI is InChI=1S/C19H10F12O/c20-16(21,22)12-5-1-3-9(14(12)18(26,27)28)7-11(32)8-10-4-2-6-13(17(23,24)25)15(10)19(29,30)31/h1-6H,7-8H2. The zero-order valence-electron chi connectivity index (χ0n) is 15.3. The maximum atomic E-state index is 13.2. The van der Waals surface area contributed by atoms with Gasteiger partial charge in [0.15, 0.2) is 0 Å². The van der Waals surface area contributed by atoms with Gasteiger partial charge in [-0.1, -0.05) is 24.3 Å². The zero-order valence-corrected chi connectivity index (χ0v) is 15.3. The number of Topliss-reactive ketones (excluding diaryl/α,β-unsaturated/α-hetero) is 1. The lowest BCUT2D eigenvalue weighted by atomic mass is 9.92. The topological polar surface area (TPSA) is 17.1 Å². The lowest BCUT2D eigenvalue weighted by Gasteiger charge is -2.20. The molecule has 1 nitrogen and oxygen atoms in total. The van der Waals surface area contributed by atoms with Gasteiger partial charge in [-0.05, 0) is 23.3 Å². The molecule has 0 N–H and O–H groups in total. The van der Waals surface area contributed by atoms with Crippen LogP contribution >= 0.6 is 0 Å². The van der Waals surface area contributed by atoms with Gasteiger partial charge in [-0.2, -0.15) is 52.7 Å². The van der Waals surface area contributed by atoms with Crippen LogP contribution in [0.15, 0.2) is 36.4 Å². The van der Waals surface area contributed by atoms with Gasteiger partial charge in [0, 0.05) is 12.8 Å². The molecule has 0 unspecified atom stereocenters. The highest BCUT2D eigenvalue weighted by Gasteiger charge is 2.46. The highest BCUT2D eigenvalue weighted by Crippen LogP contribution is 2.44. The molecule has 0 spiro atoms. The first-order valence-corrected chi connectivity index (χ1v) is 8.37. The van der Waals surface area contributed by atoms with Crippen molar-refractivity contribution in [1.82, 2.24) is 0 Å². The second kappa shape index (κ2) is 8.32. The number of hydrogen-bond donors (Lipinski definition) is 0. The van der Waals surface area contributed by atoms with Crippen LogP contribution in [0.1, 0.15) is 33.4 Å². The number of ketones is 1. The summed E-state index contributed by atoms with van der Waals surface area (Å²) in [4.78, 5) is 12.2. The molecule has 2 rings (SSSR count). The van der Waals surface area contributed by atoms with Crippen LogP contribution in [0.25, 0.3) is 0 Å². The lowest BCUT2D eigenvalue weighted by Crippen LogP contribution is -2.22. The van der Waals surface area contributed by atoms with Crippen LogP contribution in [0, 0.1) is 0 Å². The molecule has 0 amide bonds. The largest absolute Gasteiger partial charge is 0.417 e. The van der Waals surface area contributed by atoms with E-state index in [2.05, 4.69) is 0 Å². The summed E-state index contributed by atoms with van der Waals surface area (Å²) < 4.78 is 157. The van der Waals surface area contributed by atoms with E-state index in [-0.39, 0.29) is 12.1 Å². The minimum Gasteiger partial charge on any atom is -0.299 e. The van der Waals surface area contributed by atoms with Crippen LogP contribution < -0.4 is 0 Å². The van der Waals surface area contributed by atoms with E-state index in [1.165, 1.54) is 0 Å². The maximum Gasteiger partial charge on any atom is 0.417 e. The van der Waals surface area contributed by atoms with Crippen LogP contribution in [0.5, 0.6) is 0 Å². The van der Waals surface area contributed by atoms with Gasteiger partial charge in [-0.3, -0.25) is 4.79 Å². The number of carbonyl (C=O) groups is 1. The molecule has 32 heavy (non-hydrogen) atoms. The number of halogens is 12. The van der Waals surface area contributed by atoms with E-state index in [1.54, 1.807) is 0 Å². The maximum absolute atomic E-state index is 13.2. The fourth-order valence-corrected chi connectivity index (χ4v) is 3.12. The van der Waals surface area contributed by atoms with Crippen molar-refractivity contribution < 1.29 is 57.5 Å². The molecule has 2 aromatic carbocycles. The highest BCUT2D eigenvalue weighted by atomic mass is 19.4. The summed E-state index contributed by atoms with van der Waals surface area (Å²) in [6.45, 7) is 0. The van der Waals surface area contributed by atoms with Crippen molar-refractivity contribution in [3.05, 3.63) is 69.8 Å². The highest BCUT2D eigenvalue weighted by molar-refractivity contribution is 5.84. The van der Waals surface area contributed by atoms with E-state index in [9.17, 15) is 57.5 Å². The third kappa shape index (κ3) is 5.74. The van der Waals surface area contributed by atoms with E-state index in [0.29, 0.717) is 24.3 Å². The molecule has 0 radical (unpaired) electrons.